The highest BCUT2D eigenvalue weighted by atomic mass is 19.4. The Bertz CT molecular complexity index is 1360. The standard InChI is InChI=1S/C24H21F4N7O3/c1-13(36)33-22-31-9-14(10-32-22)20(37)35-23(6-7-23)21(38)30-11-16-3-4-17(12-29-16)34-19-5-2-15(25)8-18(19)24(26,27)28/h2-5,8-10,12,34H,6-7,11H2,1H3,(H,30,38)(H,35,37)(H,31,32,33,36). The molecule has 2 aromatic heterocycles. The molecule has 3 amide bonds. The van der Waals surface area contributed by atoms with Crippen LogP contribution in [-0.4, -0.2) is 38.2 Å². The van der Waals surface area contributed by atoms with E-state index in [2.05, 4.69) is 36.2 Å². The quantitative estimate of drug-likeness (QED) is 0.327. The van der Waals surface area contributed by atoms with Crippen LogP contribution in [-0.2, 0) is 22.3 Å². The van der Waals surface area contributed by atoms with Crippen LogP contribution in [0.1, 0.15) is 41.4 Å². The number of halogens is 4. The van der Waals surface area contributed by atoms with Crippen molar-refractivity contribution >= 4 is 35.0 Å². The van der Waals surface area contributed by atoms with Gasteiger partial charge in [0.25, 0.3) is 5.91 Å². The molecule has 1 saturated carbocycles. The summed E-state index contributed by atoms with van der Waals surface area (Å²) in [7, 11) is 0. The second-order valence-corrected chi connectivity index (χ2v) is 8.55. The van der Waals surface area contributed by atoms with Gasteiger partial charge in [-0.25, -0.2) is 14.4 Å². The normalized spacial score (nSPS) is 13.8. The van der Waals surface area contributed by atoms with Crippen molar-refractivity contribution in [3.05, 3.63) is 71.6 Å². The van der Waals surface area contributed by atoms with Crippen LogP contribution in [0.2, 0.25) is 0 Å². The summed E-state index contributed by atoms with van der Waals surface area (Å²) in [4.78, 5) is 48.2. The number of carbonyl (C=O) groups is 3. The molecule has 0 aliphatic heterocycles. The van der Waals surface area contributed by atoms with Crippen molar-refractivity contribution in [1.29, 1.82) is 0 Å². The molecule has 1 aromatic carbocycles. The van der Waals surface area contributed by atoms with Crippen molar-refractivity contribution in [3.8, 4) is 0 Å². The van der Waals surface area contributed by atoms with Crippen LogP contribution in [0.3, 0.4) is 0 Å². The fourth-order valence-electron chi connectivity index (χ4n) is 3.45. The van der Waals surface area contributed by atoms with Gasteiger partial charge in [-0.05, 0) is 43.2 Å². The Kier molecular flexibility index (Phi) is 7.23. The minimum Gasteiger partial charge on any atom is -0.354 e. The molecule has 1 aliphatic rings. The summed E-state index contributed by atoms with van der Waals surface area (Å²) in [5.74, 6) is -2.31. The van der Waals surface area contributed by atoms with Gasteiger partial charge in [-0.15, -0.1) is 0 Å². The summed E-state index contributed by atoms with van der Waals surface area (Å²) in [5.41, 5.74) is -1.81. The van der Waals surface area contributed by atoms with Gasteiger partial charge in [-0.3, -0.25) is 24.7 Å². The highest BCUT2D eigenvalue weighted by Gasteiger charge is 2.51. The van der Waals surface area contributed by atoms with Crippen LogP contribution >= 0.6 is 0 Å². The number of benzene rings is 1. The summed E-state index contributed by atoms with van der Waals surface area (Å²) < 4.78 is 52.9. The van der Waals surface area contributed by atoms with Crippen molar-refractivity contribution < 1.29 is 31.9 Å². The molecule has 0 saturated heterocycles. The summed E-state index contributed by atoms with van der Waals surface area (Å²) in [5, 5.41) is 10.3. The molecule has 2 heterocycles. The lowest BCUT2D eigenvalue weighted by atomic mass is 10.1. The van der Waals surface area contributed by atoms with Crippen molar-refractivity contribution in [2.45, 2.75) is 38.0 Å². The molecule has 0 spiro atoms. The predicted octanol–water partition coefficient (Wildman–Crippen LogP) is 3.31. The lowest BCUT2D eigenvalue weighted by Crippen LogP contribution is -2.48. The maximum Gasteiger partial charge on any atom is 0.418 e. The summed E-state index contributed by atoms with van der Waals surface area (Å²) in [6.07, 6.45) is -0.172. The molecular weight excluding hydrogens is 510 g/mol. The number of amides is 3. The van der Waals surface area contributed by atoms with Crippen molar-refractivity contribution in [2.24, 2.45) is 0 Å². The molecule has 0 unspecified atom stereocenters. The zero-order valence-corrected chi connectivity index (χ0v) is 19.8. The van der Waals surface area contributed by atoms with Crippen LogP contribution in [0.25, 0.3) is 0 Å². The van der Waals surface area contributed by atoms with Gasteiger partial charge in [0.15, 0.2) is 0 Å². The van der Waals surface area contributed by atoms with Gasteiger partial charge in [0.05, 0.1) is 40.9 Å². The molecule has 4 N–H and O–H groups in total. The Morgan fingerprint density at radius 2 is 1.71 bits per heavy atom. The van der Waals surface area contributed by atoms with Gasteiger partial charge in [-0.1, -0.05) is 0 Å². The first-order chi connectivity index (χ1) is 17.9. The predicted molar refractivity (Wildman–Crippen MR) is 127 cm³/mol. The molecule has 3 aromatic rings. The van der Waals surface area contributed by atoms with Crippen molar-refractivity contribution in [3.63, 3.8) is 0 Å². The van der Waals surface area contributed by atoms with Gasteiger partial charge in [-0.2, -0.15) is 13.2 Å². The number of carbonyl (C=O) groups excluding carboxylic acids is 3. The Balaban J connectivity index is 1.32. The molecule has 10 nitrogen and oxygen atoms in total. The fourth-order valence-corrected chi connectivity index (χ4v) is 3.45. The monoisotopic (exact) mass is 531 g/mol. The maximum atomic E-state index is 13.3. The minimum atomic E-state index is -4.75. The molecule has 1 aliphatic carbocycles. The molecule has 0 bridgehead atoms. The van der Waals surface area contributed by atoms with Gasteiger partial charge >= 0.3 is 6.18 Å². The van der Waals surface area contributed by atoms with Crippen LogP contribution in [0.4, 0.5) is 34.9 Å². The first-order valence-corrected chi connectivity index (χ1v) is 11.2. The molecule has 38 heavy (non-hydrogen) atoms. The second kappa shape index (κ2) is 10.4. The Morgan fingerprint density at radius 1 is 1.00 bits per heavy atom. The summed E-state index contributed by atoms with van der Waals surface area (Å²) >= 11 is 0. The fraction of sp³-hybridized carbons (Fsp3) is 0.250. The highest BCUT2D eigenvalue weighted by Crippen LogP contribution is 2.37. The van der Waals surface area contributed by atoms with Gasteiger partial charge in [0.1, 0.15) is 11.4 Å². The van der Waals surface area contributed by atoms with Crippen LogP contribution in [0.15, 0.2) is 48.9 Å². The Labute approximate surface area is 213 Å². The van der Waals surface area contributed by atoms with E-state index in [1.807, 2.05) is 0 Å². The highest BCUT2D eigenvalue weighted by molar-refractivity contribution is 6.00. The van der Waals surface area contributed by atoms with E-state index in [0.29, 0.717) is 24.6 Å². The van der Waals surface area contributed by atoms with E-state index >= 15 is 0 Å². The SMILES string of the molecule is CC(=O)Nc1ncc(C(=O)NC2(C(=O)NCc3ccc(Nc4ccc(F)cc4C(F)(F)F)cn3)CC2)cn1. The topological polar surface area (TPSA) is 138 Å². The number of nitrogens with zero attached hydrogens (tertiary/aromatic N) is 3. The van der Waals surface area contributed by atoms with Crippen molar-refractivity contribution in [1.82, 2.24) is 25.6 Å². The van der Waals surface area contributed by atoms with E-state index in [-0.39, 0.29) is 35.3 Å². The summed E-state index contributed by atoms with van der Waals surface area (Å²) in [6, 6.07) is 5.28. The third kappa shape index (κ3) is 6.38. The van der Waals surface area contributed by atoms with Crippen LogP contribution in [0.5, 0.6) is 0 Å². The molecular formula is C24H21F4N7O3. The van der Waals surface area contributed by atoms with Crippen LogP contribution < -0.4 is 21.3 Å². The zero-order chi connectivity index (χ0) is 27.5. The van der Waals surface area contributed by atoms with Gasteiger partial charge in [0, 0.05) is 19.3 Å². The van der Waals surface area contributed by atoms with Crippen molar-refractivity contribution in [2.75, 3.05) is 10.6 Å². The summed E-state index contributed by atoms with van der Waals surface area (Å²) in [6.45, 7) is 1.30. The van der Waals surface area contributed by atoms with E-state index in [1.165, 1.54) is 37.6 Å². The largest absolute Gasteiger partial charge is 0.418 e. The van der Waals surface area contributed by atoms with Crippen LogP contribution in [0, 0.1) is 5.82 Å². The second-order valence-electron chi connectivity index (χ2n) is 8.55. The molecule has 198 valence electrons. The van der Waals surface area contributed by atoms with E-state index in [1.54, 1.807) is 0 Å². The number of rotatable bonds is 8. The average molecular weight is 531 g/mol. The first kappa shape index (κ1) is 26.4. The lowest BCUT2D eigenvalue weighted by Gasteiger charge is -2.17. The third-order valence-electron chi connectivity index (χ3n) is 5.56. The van der Waals surface area contributed by atoms with E-state index in [0.717, 1.165) is 12.1 Å². The molecule has 1 fully saturated rings. The Hall–Kier alpha value is -4.62. The maximum absolute atomic E-state index is 13.3. The Morgan fingerprint density at radius 3 is 2.29 bits per heavy atom. The van der Waals surface area contributed by atoms with E-state index in [9.17, 15) is 31.9 Å². The number of hydrogen-bond donors (Lipinski definition) is 4. The molecule has 4 rings (SSSR count). The lowest BCUT2D eigenvalue weighted by molar-refractivity contribution is -0.137. The number of pyridine rings is 1. The number of anilines is 3. The zero-order valence-electron chi connectivity index (χ0n) is 19.8. The van der Waals surface area contributed by atoms with Gasteiger partial charge < -0.3 is 16.0 Å². The number of aromatic nitrogens is 3. The number of nitrogens with one attached hydrogen (secondary N) is 4. The molecule has 14 heteroatoms. The molecule has 0 radical (unpaired) electrons. The number of alkyl halides is 3. The van der Waals surface area contributed by atoms with E-state index in [4.69, 9.17) is 0 Å². The average Bonchev–Trinajstić information content (AvgIpc) is 3.64. The van der Waals surface area contributed by atoms with E-state index < -0.39 is 34.9 Å². The molecule has 0 atom stereocenters. The minimum absolute atomic E-state index is 0.00953. The first-order valence-electron chi connectivity index (χ1n) is 11.2. The third-order valence-corrected chi connectivity index (χ3v) is 5.56. The number of hydrogen-bond acceptors (Lipinski definition) is 7. The smallest absolute Gasteiger partial charge is 0.354 e. The van der Waals surface area contributed by atoms with Gasteiger partial charge in [0.2, 0.25) is 17.8 Å².